The lowest BCUT2D eigenvalue weighted by molar-refractivity contribution is -0.115. The number of nitrogens with one attached hydrogen (secondary N) is 1. The quantitative estimate of drug-likeness (QED) is 0.598. The van der Waals surface area contributed by atoms with Gasteiger partial charge in [0.05, 0.1) is 21.2 Å². The highest BCUT2D eigenvalue weighted by Crippen LogP contribution is 2.29. The summed E-state index contributed by atoms with van der Waals surface area (Å²) < 4.78 is 25.1. The molecular formula is C19H22N4O3S2. The SMILES string of the molecule is CCn1c(S[C@@H](C)C(=O)Nc2ccc(C)cc2)nc2cc(S(N)(=O)=O)ccc21. The molecule has 0 saturated carbocycles. The first kappa shape index (κ1) is 20.4. The summed E-state index contributed by atoms with van der Waals surface area (Å²) in [5.74, 6) is -0.131. The summed E-state index contributed by atoms with van der Waals surface area (Å²) in [7, 11) is -3.80. The zero-order valence-electron chi connectivity index (χ0n) is 15.8. The van der Waals surface area contributed by atoms with E-state index < -0.39 is 10.0 Å². The Balaban J connectivity index is 1.84. The van der Waals surface area contributed by atoms with E-state index in [0.717, 1.165) is 16.8 Å². The van der Waals surface area contributed by atoms with Crippen LogP contribution in [0.1, 0.15) is 19.4 Å². The van der Waals surface area contributed by atoms with Crippen molar-refractivity contribution < 1.29 is 13.2 Å². The summed E-state index contributed by atoms with van der Waals surface area (Å²) in [5, 5.41) is 8.37. The molecule has 3 N–H and O–H groups in total. The molecule has 2 aromatic carbocycles. The topological polar surface area (TPSA) is 107 Å². The number of amides is 1. The molecule has 0 aliphatic rings. The zero-order valence-corrected chi connectivity index (χ0v) is 17.5. The van der Waals surface area contributed by atoms with Gasteiger partial charge in [-0.25, -0.2) is 18.5 Å². The molecular weight excluding hydrogens is 396 g/mol. The molecule has 9 heteroatoms. The van der Waals surface area contributed by atoms with E-state index in [9.17, 15) is 13.2 Å². The number of hydrogen-bond donors (Lipinski definition) is 2. The first-order valence-corrected chi connectivity index (χ1v) is 11.2. The first-order chi connectivity index (χ1) is 13.2. The monoisotopic (exact) mass is 418 g/mol. The molecule has 0 aliphatic carbocycles. The molecule has 0 saturated heterocycles. The van der Waals surface area contributed by atoms with Crippen LogP contribution in [0.3, 0.4) is 0 Å². The number of nitrogens with zero attached hydrogens (tertiary/aromatic N) is 2. The lowest BCUT2D eigenvalue weighted by atomic mass is 10.2. The van der Waals surface area contributed by atoms with Crippen molar-refractivity contribution in [3.63, 3.8) is 0 Å². The number of nitrogens with two attached hydrogens (primary N) is 1. The number of fused-ring (bicyclic) bond motifs is 1. The van der Waals surface area contributed by atoms with Gasteiger partial charge in [0.15, 0.2) is 5.16 Å². The standard InChI is InChI=1S/C19H22N4O3S2/c1-4-23-17-10-9-15(28(20,25)26)11-16(17)22-19(23)27-13(3)18(24)21-14-7-5-12(2)6-8-14/h5-11,13H,4H2,1-3H3,(H,21,24)(H2,20,25,26)/t13-/m0/s1. The Morgan fingerprint density at radius 1 is 1.25 bits per heavy atom. The second-order valence-corrected chi connectivity index (χ2v) is 9.32. The average Bonchev–Trinajstić information content (AvgIpc) is 2.98. The van der Waals surface area contributed by atoms with Crippen molar-refractivity contribution in [1.82, 2.24) is 9.55 Å². The predicted molar refractivity (Wildman–Crippen MR) is 112 cm³/mol. The van der Waals surface area contributed by atoms with Crippen LogP contribution in [0.15, 0.2) is 52.5 Å². The minimum absolute atomic E-state index is 0.0162. The molecule has 1 heterocycles. The second kappa shape index (κ2) is 7.94. The van der Waals surface area contributed by atoms with Gasteiger partial charge in [-0.15, -0.1) is 0 Å². The summed E-state index contributed by atoms with van der Waals surface area (Å²) in [6, 6.07) is 12.2. The molecule has 3 rings (SSSR count). The van der Waals surface area contributed by atoms with E-state index in [1.54, 1.807) is 6.07 Å². The van der Waals surface area contributed by atoms with E-state index in [2.05, 4.69) is 10.3 Å². The number of thioether (sulfide) groups is 1. The van der Waals surface area contributed by atoms with Gasteiger partial charge in [0.25, 0.3) is 0 Å². The van der Waals surface area contributed by atoms with E-state index in [4.69, 9.17) is 5.14 Å². The van der Waals surface area contributed by atoms with Crippen molar-refractivity contribution in [1.29, 1.82) is 0 Å². The van der Waals surface area contributed by atoms with Crippen LogP contribution in [0.2, 0.25) is 0 Å². The maximum Gasteiger partial charge on any atom is 0.238 e. The Kier molecular flexibility index (Phi) is 5.78. The van der Waals surface area contributed by atoms with Crippen LogP contribution in [-0.4, -0.2) is 29.1 Å². The maximum atomic E-state index is 12.5. The van der Waals surface area contributed by atoms with Gasteiger partial charge in [-0.1, -0.05) is 29.5 Å². The molecule has 0 radical (unpaired) electrons. The number of anilines is 1. The first-order valence-electron chi connectivity index (χ1n) is 8.76. The Morgan fingerprint density at radius 3 is 2.54 bits per heavy atom. The average molecular weight is 419 g/mol. The van der Waals surface area contributed by atoms with E-state index in [0.29, 0.717) is 17.2 Å². The van der Waals surface area contributed by atoms with Gasteiger partial charge >= 0.3 is 0 Å². The molecule has 148 valence electrons. The molecule has 0 unspecified atom stereocenters. The van der Waals surface area contributed by atoms with E-state index >= 15 is 0 Å². The van der Waals surface area contributed by atoms with Crippen molar-refractivity contribution in [2.45, 2.75) is 42.6 Å². The highest BCUT2D eigenvalue weighted by molar-refractivity contribution is 8.00. The molecule has 0 spiro atoms. The third-order valence-electron chi connectivity index (χ3n) is 4.30. The number of carbonyl (C=O) groups excluding carboxylic acids is 1. The number of carbonyl (C=O) groups is 1. The van der Waals surface area contributed by atoms with Crippen LogP contribution >= 0.6 is 11.8 Å². The van der Waals surface area contributed by atoms with E-state index in [1.807, 2.05) is 49.6 Å². The summed E-state index contributed by atoms with van der Waals surface area (Å²) >= 11 is 1.32. The summed E-state index contributed by atoms with van der Waals surface area (Å²) in [4.78, 5) is 17.1. The van der Waals surface area contributed by atoms with Gasteiger partial charge in [0, 0.05) is 12.2 Å². The maximum absolute atomic E-state index is 12.5. The number of aryl methyl sites for hydroxylation is 2. The second-order valence-electron chi connectivity index (χ2n) is 6.45. The number of primary sulfonamides is 1. The molecule has 7 nitrogen and oxygen atoms in total. The molecule has 0 aliphatic heterocycles. The highest BCUT2D eigenvalue weighted by Gasteiger charge is 2.20. The van der Waals surface area contributed by atoms with Gasteiger partial charge in [-0.2, -0.15) is 0 Å². The lowest BCUT2D eigenvalue weighted by Gasteiger charge is -2.13. The van der Waals surface area contributed by atoms with Gasteiger partial charge in [-0.3, -0.25) is 4.79 Å². The number of hydrogen-bond acceptors (Lipinski definition) is 5. The molecule has 3 aromatic rings. The highest BCUT2D eigenvalue weighted by atomic mass is 32.2. The van der Waals surface area contributed by atoms with Crippen LogP contribution in [-0.2, 0) is 21.4 Å². The number of benzene rings is 2. The van der Waals surface area contributed by atoms with Gasteiger partial charge in [-0.05, 0) is 51.1 Å². The molecule has 28 heavy (non-hydrogen) atoms. The third kappa shape index (κ3) is 4.37. The third-order valence-corrected chi connectivity index (χ3v) is 6.30. The van der Waals surface area contributed by atoms with Crippen molar-refractivity contribution >= 4 is 44.4 Å². The van der Waals surface area contributed by atoms with Crippen molar-refractivity contribution in [3.8, 4) is 0 Å². The van der Waals surface area contributed by atoms with Gasteiger partial charge < -0.3 is 9.88 Å². The number of aromatic nitrogens is 2. The normalized spacial score (nSPS) is 12.9. The fourth-order valence-electron chi connectivity index (χ4n) is 2.75. The number of imidazole rings is 1. The number of sulfonamides is 1. The summed E-state index contributed by atoms with van der Waals surface area (Å²) in [5.41, 5.74) is 3.19. The minimum Gasteiger partial charge on any atom is -0.325 e. The van der Waals surface area contributed by atoms with Crippen LogP contribution in [0, 0.1) is 6.92 Å². The summed E-state index contributed by atoms with van der Waals surface area (Å²) in [6.45, 7) is 6.40. The molecule has 1 atom stereocenters. The Morgan fingerprint density at radius 2 is 1.93 bits per heavy atom. The van der Waals surface area contributed by atoms with Crippen LogP contribution in [0.25, 0.3) is 11.0 Å². The fourth-order valence-corrected chi connectivity index (χ4v) is 4.27. The predicted octanol–water partition coefficient (Wildman–Crippen LogP) is 3.13. The zero-order chi connectivity index (χ0) is 20.5. The Hall–Kier alpha value is -2.36. The van der Waals surface area contributed by atoms with Gasteiger partial charge in [0.2, 0.25) is 15.9 Å². The smallest absolute Gasteiger partial charge is 0.238 e. The van der Waals surface area contributed by atoms with E-state index in [-0.39, 0.29) is 16.1 Å². The van der Waals surface area contributed by atoms with Crippen LogP contribution in [0.5, 0.6) is 0 Å². The minimum atomic E-state index is -3.80. The van der Waals surface area contributed by atoms with Crippen LogP contribution in [0.4, 0.5) is 5.69 Å². The molecule has 0 fully saturated rings. The molecule has 0 bridgehead atoms. The number of rotatable bonds is 6. The molecule has 1 aromatic heterocycles. The van der Waals surface area contributed by atoms with E-state index in [1.165, 1.54) is 23.9 Å². The largest absolute Gasteiger partial charge is 0.325 e. The Bertz CT molecular complexity index is 1120. The Labute approximate surface area is 168 Å². The fraction of sp³-hybridized carbons (Fsp3) is 0.263. The van der Waals surface area contributed by atoms with Crippen molar-refractivity contribution in [2.24, 2.45) is 5.14 Å². The van der Waals surface area contributed by atoms with Crippen LogP contribution < -0.4 is 10.5 Å². The lowest BCUT2D eigenvalue weighted by Crippen LogP contribution is -2.22. The van der Waals surface area contributed by atoms with Crippen molar-refractivity contribution in [2.75, 3.05) is 5.32 Å². The summed E-state index contributed by atoms with van der Waals surface area (Å²) in [6.07, 6.45) is 0. The molecule has 1 amide bonds. The van der Waals surface area contributed by atoms with Crippen molar-refractivity contribution in [3.05, 3.63) is 48.0 Å². The van der Waals surface area contributed by atoms with Gasteiger partial charge in [0.1, 0.15) is 0 Å².